The SMILES string of the molecule is COc1cccc(/C=C2/N=C(C(C)C)OC2=O)c1. The molecular weight excluding hydrogens is 230 g/mol. The zero-order valence-electron chi connectivity index (χ0n) is 10.6. The molecule has 1 aliphatic heterocycles. The molecule has 0 aliphatic carbocycles. The van der Waals surface area contributed by atoms with Crippen molar-refractivity contribution in [3.05, 3.63) is 35.5 Å². The summed E-state index contributed by atoms with van der Waals surface area (Å²) >= 11 is 0. The third kappa shape index (κ3) is 2.59. The number of aliphatic imine (C=N–C) groups is 1. The van der Waals surface area contributed by atoms with Crippen LogP contribution in [0.15, 0.2) is 35.0 Å². The lowest BCUT2D eigenvalue weighted by Gasteiger charge is -2.00. The van der Waals surface area contributed by atoms with Crippen molar-refractivity contribution in [1.29, 1.82) is 0 Å². The quantitative estimate of drug-likeness (QED) is 0.607. The maximum atomic E-state index is 11.6. The van der Waals surface area contributed by atoms with Gasteiger partial charge in [0, 0.05) is 5.92 Å². The number of hydrogen-bond acceptors (Lipinski definition) is 4. The van der Waals surface area contributed by atoms with Crippen molar-refractivity contribution < 1.29 is 14.3 Å². The minimum atomic E-state index is -0.401. The molecule has 0 fully saturated rings. The number of ether oxygens (including phenoxy) is 2. The topological polar surface area (TPSA) is 47.9 Å². The van der Waals surface area contributed by atoms with Crippen molar-refractivity contribution in [1.82, 2.24) is 0 Å². The summed E-state index contributed by atoms with van der Waals surface area (Å²) in [5, 5.41) is 0. The van der Waals surface area contributed by atoms with Crippen LogP contribution in [0.4, 0.5) is 0 Å². The number of esters is 1. The highest BCUT2D eigenvalue weighted by molar-refractivity contribution is 6.07. The van der Waals surface area contributed by atoms with E-state index in [4.69, 9.17) is 9.47 Å². The average molecular weight is 245 g/mol. The molecule has 0 unspecified atom stereocenters. The Hall–Kier alpha value is -2.10. The fourth-order valence-corrected chi connectivity index (χ4v) is 1.56. The lowest BCUT2D eigenvalue weighted by molar-refractivity contribution is -0.130. The number of methoxy groups -OCH3 is 1. The summed E-state index contributed by atoms with van der Waals surface area (Å²) in [6.07, 6.45) is 1.69. The van der Waals surface area contributed by atoms with Crippen molar-refractivity contribution in [2.24, 2.45) is 10.9 Å². The van der Waals surface area contributed by atoms with E-state index in [1.54, 1.807) is 13.2 Å². The summed E-state index contributed by atoms with van der Waals surface area (Å²) in [6, 6.07) is 7.42. The first kappa shape index (κ1) is 12.4. The van der Waals surface area contributed by atoms with Gasteiger partial charge in [-0.3, -0.25) is 0 Å². The molecule has 0 saturated heterocycles. The first-order valence-corrected chi connectivity index (χ1v) is 5.76. The van der Waals surface area contributed by atoms with Gasteiger partial charge in [-0.05, 0) is 23.8 Å². The van der Waals surface area contributed by atoms with Crippen LogP contribution < -0.4 is 4.74 Å². The summed E-state index contributed by atoms with van der Waals surface area (Å²) in [6.45, 7) is 3.86. The summed E-state index contributed by atoms with van der Waals surface area (Å²) < 4.78 is 10.2. The number of cyclic esters (lactones) is 1. The Morgan fingerprint density at radius 2 is 2.17 bits per heavy atom. The van der Waals surface area contributed by atoms with Crippen molar-refractivity contribution >= 4 is 17.9 Å². The Balaban J connectivity index is 2.30. The van der Waals surface area contributed by atoms with E-state index in [-0.39, 0.29) is 5.92 Å². The number of carbonyl (C=O) groups excluding carboxylic acids is 1. The van der Waals surface area contributed by atoms with E-state index >= 15 is 0 Å². The Morgan fingerprint density at radius 1 is 1.39 bits per heavy atom. The fraction of sp³-hybridized carbons (Fsp3) is 0.286. The molecule has 18 heavy (non-hydrogen) atoms. The highest BCUT2D eigenvalue weighted by Gasteiger charge is 2.24. The van der Waals surface area contributed by atoms with E-state index < -0.39 is 5.97 Å². The number of nitrogens with zero attached hydrogens (tertiary/aromatic N) is 1. The Morgan fingerprint density at radius 3 is 2.78 bits per heavy atom. The largest absolute Gasteiger partial charge is 0.497 e. The van der Waals surface area contributed by atoms with Crippen LogP contribution in [0.2, 0.25) is 0 Å². The highest BCUT2D eigenvalue weighted by Crippen LogP contribution is 2.20. The third-order valence-corrected chi connectivity index (χ3v) is 2.53. The zero-order valence-corrected chi connectivity index (χ0v) is 10.6. The van der Waals surface area contributed by atoms with Crippen LogP contribution in [0.25, 0.3) is 6.08 Å². The summed E-state index contributed by atoms with van der Waals surface area (Å²) in [7, 11) is 1.60. The van der Waals surface area contributed by atoms with Crippen molar-refractivity contribution in [3.63, 3.8) is 0 Å². The van der Waals surface area contributed by atoms with Gasteiger partial charge in [-0.25, -0.2) is 9.79 Å². The Kier molecular flexibility index (Phi) is 3.46. The van der Waals surface area contributed by atoms with E-state index in [2.05, 4.69) is 4.99 Å². The van der Waals surface area contributed by atoms with Gasteiger partial charge in [0.25, 0.3) is 0 Å². The van der Waals surface area contributed by atoms with Gasteiger partial charge in [0.05, 0.1) is 7.11 Å². The third-order valence-electron chi connectivity index (χ3n) is 2.53. The predicted octanol–water partition coefficient (Wildman–Crippen LogP) is 2.65. The van der Waals surface area contributed by atoms with Crippen molar-refractivity contribution in [2.75, 3.05) is 7.11 Å². The molecule has 0 spiro atoms. The molecule has 4 heteroatoms. The van der Waals surface area contributed by atoms with E-state index in [0.717, 1.165) is 11.3 Å². The Bertz CT molecular complexity index is 530. The van der Waals surface area contributed by atoms with Gasteiger partial charge < -0.3 is 9.47 Å². The van der Waals surface area contributed by atoms with Crippen LogP contribution in [0.1, 0.15) is 19.4 Å². The second kappa shape index (κ2) is 5.04. The minimum absolute atomic E-state index is 0.102. The van der Waals surface area contributed by atoms with Gasteiger partial charge in [-0.15, -0.1) is 0 Å². The van der Waals surface area contributed by atoms with Gasteiger partial charge in [0.2, 0.25) is 5.90 Å². The van der Waals surface area contributed by atoms with Crippen LogP contribution in [-0.2, 0) is 9.53 Å². The first-order chi connectivity index (χ1) is 8.60. The molecule has 0 N–H and O–H groups in total. The molecule has 1 aliphatic rings. The van der Waals surface area contributed by atoms with Crippen LogP contribution in [0, 0.1) is 5.92 Å². The van der Waals surface area contributed by atoms with Gasteiger partial charge in [0.1, 0.15) is 5.75 Å². The second-order valence-corrected chi connectivity index (χ2v) is 4.30. The molecule has 4 nitrogen and oxygen atoms in total. The van der Waals surface area contributed by atoms with Gasteiger partial charge in [0.15, 0.2) is 5.70 Å². The average Bonchev–Trinajstić information content (AvgIpc) is 2.71. The summed E-state index contributed by atoms with van der Waals surface area (Å²) in [5.41, 5.74) is 1.18. The molecule has 0 radical (unpaired) electrons. The summed E-state index contributed by atoms with van der Waals surface area (Å²) in [5.74, 6) is 0.907. The molecule has 0 atom stereocenters. The maximum Gasteiger partial charge on any atom is 0.363 e. The van der Waals surface area contributed by atoms with E-state index in [0.29, 0.717) is 11.6 Å². The van der Waals surface area contributed by atoms with Crippen LogP contribution in [0.3, 0.4) is 0 Å². The van der Waals surface area contributed by atoms with Gasteiger partial charge >= 0.3 is 5.97 Å². The summed E-state index contributed by atoms with van der Waals surface area (Å²) in [4.78, 5) is 15.8. The standard InChI is InChI=1S/C14H15NO3/c1-9(2)13-15-12(14(16)18-13)8-10-5-4-6-11(7-10)17-3/h4-9H,1-3H3/b12-8+. The number of benzene rings is 1. The molecule has 1 aromatic rings. The van der Waals surface area contributed by atoms with Crippen LogP contribution >= 0.6 is 0 Å². The van der Waals surface area contributed by atoms with Gasteiger partial charge in [-0.1, -0.05) is 26.0 Å². The van der Waals surface area contributed by atoms with Crippen LogP contribution in [0.5, 0.6) is 5.75 Å². The van der Waals surface area contributed by atoms with Crippen molar-refractivity contribution in [3.8, 4) is 5.75 Å². The molecule has 2 rings (SSSR count). The Labute approximate surface area is 106 Å². The number of rotatable bonds is 3. The monoisotopic (exact) mass is 245 g/mol. The molecule has 94 valence electrons. The number of carbonyl (C=O) groups is 1. The smallest absolute Gasteiger partial charge is 0.363 e. The van der Waals surface area contributed by atoms with Crippen molar-refractivity contribution in [2.45, 2.75) is 13.8 Å². The first-order valence-electron chi connectivity index (χ1n) is 5.76. The van der Waals surface area contributed by atoms with Crippen LogP contribution in [-0.4, -0.2) is 19.0 Å². The molecule has 0 amide bonds. The molecule has 0 bridgehead atoms. The molecule has 1 aromatic carbocycles. The lowest BCUT2D eigenvalue weighted by atomic mass is 10.2. The molecule has 0 saturated carbocycles. The van der Waals surface area contributed by atoms with E-state index in [1.165, 1.54) is 0 Å². The van der Waals surface area contributed by atoms with E-state index in [1.807, 2.05) is 38.1 Å². The minimum Gasteiger partial charge on any atom is -0.497 e. The fourth-order valence-electron chi connectivity index (χ4n) is 1.56. The second-order valence-electron chi connectivity index (χ2n) is 4.30. The lowest BCUT2D eigenvalue weighted by Crippen LogP contribution is -2.09. The highest BCUT2D eigenvalue weighted by atomic mass is 16.6. The normalized spacial score (nSPS) is 17.0. The predicted molar refractivity (Wildman–Crippen MR) is 69.3 cm³/mol. The zero-order chi connectivity index (χ0) is 13.1. The maximum absolute atomic E-state index is 11.6. The molecule has 0 aromatic heterocycles. The molecule has 1 heterocycles. The molecular formula is C14H15NO3. The van der Waals surface area contributed by atoms with Gasteiger partial charge in [-0.2, -0.15) is 0 Å². The number of hydrogen-bond donors (Lipinski definition) is 0. The van der Waals surface area contributed by atoms with E-state index in [9.17, 15) is 4.79 Å².